The zero-order chi connectivity index (χ0) is 12.2. The zero-order valence-corrected chi connectivity index (χ0v) is 6.41. The smallest absolute Gasteiger partial charge is 0.156 e. The number of carbonyl (C=O) groups is 1. The van der Waals surface area contributed by atoms with Crippen molar-refractivity contribution >= 4 is 5.78 Å². The van der Waals surface area contributed by atoms with Crippen LogP contribution in [0.5, 0.6) is 0 Å². The van der Waals surface area contributed by atoms with Gasteiger partial charge in [0.05, 0.1) is 1.37 Å². The standard InChI is InChI=1S/C9H14O/c1-7-4-8(10)6-9(2,3)5-7/h4H,5-6H2,1-3H3/i4D,5D2,6D2. The molecule has 1 nitrogen and oxygen atoms in total. The lowest BCUT2D eigenvalue weighted by Gasteiger charge is -2.27. The van der Waals surface area contributed by atoms with Gasteiger partial charge in [-0.3, -0.25) is 4.79 Å². The van der Waals surface area contributed by atoms with Crippen molar-refractivity contribution in [2.45, 2.75) is 33.5 Å². The van der Waals surface area contributed by atoms with Crippen molar-refractivity contribution in [2.24, 2.45) is 5.41 Å². The highest BCUT2D eigenvalue weighted by atomic mass is 16.1. The van der Waals surface area contributed by atoms with Crippen molar-refractivity contribution in [3.8, 4) is 0 Å². The first kappa shape index (κ1) is 3.21. The van der Waals surface area contributed by atoms with E-state index in [1.807, 2.05) is 0 Å². The Kier molecular flexibility index (Phi) is 0.713. The molecule has 0 N–H and O–H groups in total. The van der Waals surface area contributed by atoms with E-state index in [-0.39, 0.29) is 5.57 Å². The van der Waals surface area contributed by atoms with Gasteiger partial charge in [-0.2, -0.15) is 0 Å². The summed E-state index contributed by atoms with van der Waals surface area (Å²) in [7, 11) is 0. The largest absolute Gasteiger partial charge is 0.295 e. The summed E-state index contributed by atoms with van der Waals surface area (Å²) in [5.74, 6) is -0.930. The van der Waals surface area contributed by atoms with E-state index in [9.17, 15) is 4.79 Å². The summed E-state index contributed by atoms with van der Waals surface area (Å²) in [6.07, 6.45) is -4.32. The molecule has 0 aromatic rings. The molecular formula is C9H14O. The van der Waals surface area contributed by atoms with E-state index in [2.05, 4.69) is 0 Å². The molecule has 0 fully saturated rings. The number of rotatable bonds is 0. The number of allylic oxidation sites excluding steroid dienone is 2. The third kappa shape index (κ3) is 1.69. The van der Waals surface area contributed by atoms with Crippen LogP contribution in [0.15, 0.2) is 11.6 Å². The van der Waals surface area contributed by atoms with Crippen molar-refractivity contribution in [3.05, 3.63) is 11.6 Å². The second-order valence-electron chi connectivity index (χ2n) is 2.95. The number of hydrogen-bond acceptors (Lipinski definition) is 1. The molecule has 0 spiro atoms. The van der Waals surface area contributed by atoms with Gasteiger partial charge in [-0.25, -0.2) is 0 Å². The van der Waals surface area contributed by atoms with E-state index in [0.29, 0.717) is 0 Å². The van der Waals surface area contributed by atoms with E-state index in [4.69, 9.17) is 6.85 Å². The summed E-state index contributed by atoms with van der Waals surface area (Å²) in [6, 6.07) is -0.538. The Morgan fingerprint density at radius 3 is 2.90 bits per heavy atom. The van der Waals surface area contributed by atoms with E-state index >= 15 is 0 Å². The van der Waals surface area contributed by atoms with Gasteiger partial charge >= 0.3 is 0 Å². The monoisotopic (exact) mass is 143 g/mol. The van der Waals surface area contributed by atoms with Gasteiger partial charge in [0.1, 0.15) is 0 Å². The Morgan fingerprint density at radius 1 is 1.70 bits per heavy atom. The fourth-order valence-electron chi connectivity index (χ4n) is 1.02. The van der Waals surface area contributed by atoms with Gasteiger partial charge in [-0.05, 0) is 24.8 Å². The lowest BCUT2D eigenvalue weighted by Crippen LogP contribution is -2.20. The van der Waals surface area contributed by atoms with E-state index in [1.165, 1.54) is 20.8 Å². The fraction of sp³-hybridized carbons (Fsp3) is 0.667. The lowest BCUT2D eigenvalue weighted by molar-refractivity contribution is -0.117. The van der Waals surface area contributed by atoms with Crippen LogP contribution >= 0.6 is 0 Å². The fourth-order valence-corrected chi connectivity index (χ4v) is 1.02. The van der Waals surface area contributed by atoms with Crippen molar-refractivity contribution < 1.29 is 11.6 Å². The maximum atomic E-state index is 11.6. The molecule has 0 saturated carbocycles. The van der Waals surface area contributed by atoms with Crippen molar-refractivity contribution in [1.29, 1.82) is 0 Å². The molecule has 1 rings (SSSR count). The minimum absolute atomic E-state index is 0.00706. The minimum atomic E-state index is -2.34. The molecule has 0 atom stereocenters. The molecule has 1 aliphatic carbocycles. The minimum Gasteiger partial charge on any atom is -0.295 e. The third-order valence-electron chi connectivity index (χ3n) is 1.23. The predicted octanol–water partition coefficient (Wildman–Crippen LogP) is 2.32. The highest BCUT2D eigenvalue weighted by Crippen LogP contribution is 2.32. The zero-order valence-electron chi connectivity index (χ0n) is 11.4. The first-order valence-electron chi connectivity index (χ1n) is 5.70. The quantitative estimate of drug-likeness (QED) is 0.508. The van der Waals surface area contributed by atoms with Crippen LogP contribution in [0, 0.1) is 5.41 Å². The molecule has 0 amide bonds. The van der Waals surface area contributed by atoms with E-state index in [0.717, 1.165) is 0 Å². The van der Waals surface area contributed by atoms with Gasteiger partial charge in [0.2, 0.25) is 0 Å². The molecule has 0 aromatic heterocycles. The molecule has 0 unspecified atom stereocenters. The summed E-state index contributed by atoms with van der Waals surface area (Å²) >= 11 is 0. The first-order chi connectivity index (χ1) is 6.48. The van der Waals surface area contributed by atoms with Crippen LogP contribution in [0.1, 0.15) is 40.4 Å². The van der Waals surface area contributed by atoms with Crippen molar-refractivity contribution in [2.75, 3.05) is 0 Å². The molecule has 0 saturated heterocycles. The Hall–Kier alpha value is -0.590. The van der Waals surface area contributed by atoms with E-state index < -0.39 is 30.0 Å². The Bertz CT molecular complexity index is 354. The van der Waals surface area contributed by atoms with Crippen molar-refractivity contribution in [1.82, 2.24) is 0 Å². The highest BCUT2D eigenvalue weighted by molar-refractivity contribution is 5.91. The Labute approximate surface area is 69.1 Å². The van der Waals surface area contributed by atoms with Gasteiger partial charge in [-0.1, -0.05) is 19.4 Å². The van der Waals surface area contributed by atoms with Crippen LogP contribution in [-0.4, -0.2) is 5.78 Å². The van der Waals surface area contributed by atoms with Crippen LogP contribution in [0.2, 0.25) is 0 Å². The molecule has 0 radical (unpaired) electrons. The summed E-state index contributed by atoms with van der Waals surface area (Å²) in [6.45, 7) is 4.12. The second kappa shape index (κ2) is 2.22. The van der Waals surface area contributed by atoms with Crippen LogP contribution in [0.4, 0.5) is 0 Å². The third-order valence-corrected chi connectivity index (χ3v) is 1.23. The molecule has 0 heterocycles. The van der Waals surface area contributed by atoms with E-state index in [1.54, 1.807) is 0 Å². The van der Waals surface area contributed by atoms with Crippen molar-refractivity contribution in [3.63, 3.8) is 0 Å². The maximum Gasteiger partial charge on any atom is 0.156 e. The number of hydrogen-bond donors (Lipinski definition) is 0. The predicted molar refractivity (Wildman–Crippen MR) is 41.8 cm³/mol. The SMILES string of the molecule is [2H]C1=C(C)C([2H])([2H])C(C)(C)C([2H])([2H])C1=O. The summed E-state index contributed by atoms with van der Waals surface area (Å²) < 4.78 is 38.3. The number of carbonyl (C=O) groups excluding carboxylic acids is 1. The first-order valence-corrected chi connectivity index (χ1v) is 3.20. The highest BCUT2D eigenvalue weighted by Gasteiger charge is 2.25. The Morgan fingerprint density at radius 2 is 2.30 bits per heavy atom. The van der Waals surface area contributed by atoms with Gasteiger partial charge < -0.3 is 0 Å². The molecule has 1 aliphatic rings. The summed E-state index contributed by atoms with van der Waals surface area (Å²) in [5.41, 5.74) is -1.46. The summed E-state index contributed by atoms with van der Waals surface area (Å²) in [4.78, 5) is 11.6. The van der Waals surface area contributed by atoms with Gasteiger partial charge in [0.15, 0.2) is 5.78 Å². The average Bonchev–Trinajstić information content (AvgIpc) is 2.12. The molecule has 1 heteroatoms. The Balaban J connectivity index is 3.56. The van der Waals surface area contributed by atoms with Crippen LogP contribution < -0.4 is 0 Å². The van der Waals surface area contributed by atoms with Gasteiger partial charge in [0.25, 0.3) is 0 Å². The maximum absolute atomic E-state index is 11.6. The second-order valence-corrected chi connectivity index (χ2v) is 2.95. The lowest BCUT2D eigenvalue weighted by atomic mass is 9.77. The molecule has 56 valence electrons. The van der Waals surface area contributed by atoms with Crippen LogP contribution in [0.25, 0.3) is 0 Å². The average molecular weight is 143 g/mol. The normalized spacial score (nSPS) is 42.7. The molecular weight excluding hydrogens is 124 g/mol. The summed E-state index contributed by atoms with van der Waals surface area (Å²) in [5, 5.41) is 0. The molecule has 10 heavy (non-hydrogen) atoms. The molecule has 0 aromatic carbocycles. The van der Waals surface area contributed by atoms with Gasteiger partial charge in [0, 0.05) is 11.9 Å². The van der Waals surface area contributed by atoms with Gasteiger partial charge in [-0.15, -0.1) is 0 Å². The molecule has 0 bridgehead atoms. The van der Waals surface area contributed by atoms with Crippen LogP contribution in [-0.2, 0) is 4.79 Å². The topological polar surface area (TPSA) is 17.1 Å². The molecule has 0 aliphatic heterocycles. The van der Waals surface area contributed by atoms with Crippen LogP contribution in [0.3, 0.4) is 0 Å². The number of ketones is 1.